The minimum absolute atomic E-state index is 0.0486. The monoisotopic (exact) mass is 208 g/mol. The molecule has 84 valence electrons. The van der Waals surface area contributed by atoms with E-state index in [1.807, 2.05) is 0 Å². The smallest absolute Gasteiger partial charge is 0.103 e. The summed E-state index contributed by atoms with van der Waals surface area (Å²) < 4.78 is 6.24. The van der Waals surface area contributed by atoms with Gasteiger partial charge in [0.15, 0.2) is 0 Å². The van der Waals surface area contributed by atoms with Crippen LogP contribution in [0.2, 0.25) is 0 Å². The molecule has 0 aromatic heterocycles. The number of ether oxygens (including phenoxy) is 1. The number of hydrogen-bond donors (Lipinski definition) is 1. The van der Waals surface area contributed by atoms with E-state index in [4.69, 9.17) is 4.74 Å². The topological polar surface area (TPSA) is 32.8 Å². The van der Waals surface area contributed by atoms with Gasteiger partial charge in [-0.25, -0.2) is 0 Å². The molecule has 0 radical (unpaired) electrons. The molecule has 1 heterocycles. The van der Waals surface area contributed by atoms with Gasteiger partial charge in [0.05, 0.1) is 11.7 Å². The molecule has 1 saturated heterocycles. The van der Waals surface area contributed by atoms with Crippen molar-refractivity contribution in [1.82, 2.24) is 0 Å². The minimum atomic E-state index is -0.0486. The molecule has 2 nitrogen and oxygen atoms in total. The lowest BCUT2D eigenvalue weighted by molar-refractivity contribution is -0.0447. The molecule has 4 rings (SSSR count). The van der Waals surface area contributed by atoms with E-state index in [0.717, 1.165) is 6.42 Å². The van der Waals surface area contributed by atoms with Gasteiger partial charge >= 0.3 is 0 Å². The molecule has 2 bridgehead atoms. The van der Waals surface area contributed by atoms with E-state index in [1.54, 1.807) is 0 Å². The van der Waals surface area contributed by atoms with Crippen molar-refractivity contribution >= 4 is 0 Å². The maximum absolute atomic E-state index is 10.3. The van der Waals surface area contributed by atoms with Crippen molar-refractivity contribution in [3.63, 3.8) is 0 Å². The van der Waals surface area contributed by atoms with Crippen molar-refractivity contribution in [3.8, 4) is 0 Å². The Morgan fingerprint density at radius 2 is 1.93 bits per heavy atom. The molecule has 4 aliphatic rings. The van der Waals surface area contributed by atoms with Gasteiger partial charge in [-0.2, -0.15) is 0 Å². The lowest BCUT2D eigenvalue weighted by atomic mass is 9.57. The van der Waals surface area contributed by atoms with E-state index in [0.29, 0.717) is 11.8 Å². The summed E-state index contributed by atoms with van der Waals surface area (Å²) in [4.78, 5) is 0. The van der Waals surface area contributed by atoms with Crippen LogP contribution in [0.1, 0.15) is 51.4 Å². The normalized spacial score (nSPS) is 61.8. The highest BCUT2D eigenvalue weighted by Gasteiger charge is 2.77. The molecule has 0 unspecified atom stereocenters. The first-order valence-electron chi connectivity index (χ1n) is 6.66. The first kappa shape index (κ1) is 9.00. The Morgan fingerprint density at radius 1 is 1.07 bits per heavy atom. The van der Waals surface area contributed by atoms with Crippen LogP contribution in [0.5, 0.6) is 0 Å². The predicted octanol–water partition coefficient (Wildman–Crippen LogP) is 2.25. The van der Waals surface area contributed by atoms with Crippen LogP contribution in [0, 0.1) is 11.8 Å². The van der Waals surface area contributed by atoms with Crippen LogP contribution < -0.4 is 0 Å². The number of aliphatic hydroxyl groups is 1. The van der Waals surface area contributed by atoms with Gasteiger partial charge < -0.3 is 9.84 Å². The van der Waals surface area contributed by atoms with Crippen molar-refractivity contribution in [2.45, 2.75) is 68.7 Å². The van der Waals surface area contributed by atoms with Crippen LogP contribution >= 0.6 is 0 Å². The Morgan fingerprint density at radius 3 is 2.87 bits per heavy atom. The molecule has 0 amide bonds. The van der Waals surface area contributed by atoms with E-state index in [2.05, 4.69) is 0 Å². The molecular weight excluding hydrogens is 188 g/mol. The predicted molar refractivity (Wildman–Crippen MR) is 56.5 cm³/mol. The Kier molecular flexibility index (Phi) is 1.56. The maximum Gasteiger partial charge on any atom is 0.103 e. The number of aliphatic hydroxyl groups excluding tert-OH is 1. The fourth-order valence-electron chi connectivity index (χ4n) is 5.00. The second-order valence-electron chi connectivity index (χ2n) is 6.19. The largest absolute Gasteiger partial charge is 0.392 e. The highest BCUT2D eigenvalue weighted by Crippen LogP contribution is 2.70. The van der Waals surface area contributed by atoms with Crippen molar-refractivity contribution in [2.24, 2.45) is 11.8 Å². The summed E-state index contributed by atoms with van der Waals surface area (Å²) in [5.41, 5.74) is 0.377. The molecule has 3 saturated carbocycles. The number of hydrogen-bond acceptors (Lipinski definition) is 2. The number of epoxide rings is 1. The van der Waals surface area contributed by atoms with Crippen LogP contribution in [-0.4, -0.2) is 22.4 Å². The fraction of sp³-hybridized carbons (Fsp3) is 1.00. The Balaban J connectivity index is 1.74. The summed E-state index contributed by atoms with van der Waals surface area (Å²) in [6, 6.07) is 0. The Labute approximate surface area is 91.0 Å². The molecule has 1 N–H and O–H groups in total. The molecule has 1 aliphatic heterocycles. The lowest BCUT2D eigenvalue weighted by Crippen LogP contribution is -2.53. The van der Waals surface area contributed by atoms with Crippen molar-refractivity contribution in [1.29, 1.82) is 0 Å². The average Bonchev–Trinajstić information content (AvgIpc) is 2.88. The number of rotatable bonds is 0. The summed E-state index contributed by atoms with van der Waals surface area (Å²) in [7, 11) is 0. The molecule has 0 spiro atoms. The van der Waals surface area contributed by atoms with Crippen molar-refractivity contribution < 1.29 is 9.84 Å². The summed E-state index contributed by atoms with van der Waals surface area (Å²) >= 11 is 0. The van der Waals surface area contributed by atoms with Crippen LogP contribution in [-0.2, 0) is 4.74 Å². The van der Waals surface area contributed by atoms with E-state index in [-0.39, 0.29) is 17.3 Å². The molecule has 0 aromatic carbocycles. The molecule has 2 heteroatoms. The zero-order valence-corrected chi connectivity index (χ0v) is 9.24. The molecule has 0 aromatic rings. The number of fused-ring (bicyclic) bond motifs is 2. The van der Waals surface area contributed by atoms with Gasteiger partial charge in [0.25, 0.3) is 0 Å². The standard InChI is InChI=1S/C13H20O2/c14-11-9-4-3-5-10(11)13-7-2-1-6-12(13,8-9)15-13/h9-11,14H,1-8H2/t9-,10+,11-,12-,13+/m0/s1. The van der Waals surface area contributed by atoms with E-state index < -0.39 is 0 Å². The van der Waals surface area contributed by atoms with E-state index >= 15 is 0 Å². The molecular formula is C13H20O2. The highest BCUT2D eigenvalue weighted by molar-refractivity contribution is 5.25. The lowest BCUT2D eigenvalue weighted by Gasteiger charge is -2.46. The van der Waals surface area contributed by atoms with Crippen molar-refractivity contribution in [2.75, 3.05) is 0 Å². The van der Waals surface area contributed by atoms with E-state index in [9.17, 15) is 5.11 Å². The summed E-state index contributed by atoms with van der Waals surface area (Å²) in [6.45, 7) is 0. The Hall–Kier alpha value is -0.0800. The van der Waals surface area contributed by atoms with Gasteiger partial charge in [0, 0.05) is 5.92 Å². The summed E-state index contributed by atoms with van der Waals surface area (Å²) in [5.74, 6) is 1.03. The molecule has 4 fully saturated rings. The molecule has 3 aliphatic carbocycles. The zero-order valence-electron chi connectivity index (χ0n) is 9.24. The van der Waals surface area contributed by atoms with Crippen LogP contribution in [0.25, 0.3) is 0 Å². The third kappa shape index (κ3) is 0.898. The first-order chi connectivity index (χ1) is 7.28. The van der Waals surface area contributed by atoms with Crippen molar-refractivity contribution in [3.05, 3.63) is 0 Å². The van der Waals surface area contributed by atoms with Crippen LogP contribution in [0.4, 0.5) is 0 Å². The van der Waals surface area contributed by atoms with Gasteiger partial charge in [-0.3, -0.25) is 0 Å². The van der Waals surface area contributed by atoms with Gasteiger partial charge in [0.1, 0.15) is 5.60 Å². The fourth-order valence-corrected chi connectivity index (χ4v) is 5.00. The highest BCUT2D eigenvalue weighted by atomic mass is 16.6. The second-order valence-corrected chi connectivity index (χ2v) is 6.19. The quantitative estimate of drug-likeness (QED) is 0.619. The summed E-state index contributed by atoms with van der Waals surface area (Å²) in [5, 5.41) is 10.3. The SMILES string of the molecule is O[C@H]1[C@H]2CCC[C@H]1[C@]13CCCC[C@@]1(C2)O3. The van der Waals surface area contributed by atoms with Gasteiger partial charge in [-0.15, -0.1) is 0 Å². The van der Waals surface area contributed by atoms with Gasteiger partial charge in [0.2, 0.25) is 0 Å². The average molecular weight is 208 g/mol. The summed E-state index contributed by atoms with van der Waals surface area (Å²) in [6.07, 6.45) is 10.0. The third-order valence-corrected chi connectivity index (χ3v) is 5.66. The molecule has 15 heavy (non-hydrogen) atoms. The third-order valence-electron chi connectivity index (χ3n) is 5.66. The van der Waals surface area contributed by atoms with Crippen LogP contribution in [0.15, 0.2) is 0 Å². The van der Waals surface area contributed by atoms with E-state index in [1.165, 1.54) is 44.9 Å². The van der Waals surface area contributed by atoms with Gasteiger partial charge in [-0.05, 0) is 38.0 Å². The van der Waals surface area contributed by atoms with Crippen LogP contribution in [0.3, 0.4) is 0 Å². The minimum Gasteiger partial charge on any atom is -0.392 e. The Bertz CT molecular complexity index is 303. The van der Waals surface area contributed by atoms with Gasteiger partial charge in [-0.1, -0.05) is 19.3 Å². The second kappa shape index (κ2) is 2.60. The molecule has 5 atom stereocenters. The first-order valence-corrected chi connectivity index (χ1v) is 6.66. The maximum atomic E-state index is 10.3. The zero-order chi connectivity index (χ0) is 10.1.